The van der Waals surface area contributed by atoms with Gasteiger partial charge in [-0.3, -0.25) is 4.18 Å². The monoisotopic (exact) mass is 320 g/mol. The summed E-state index contributed by atoms with van der Waals surface area (Å²) in [4.78, 5) is 20.5. The minimum atomic E-state index is -1.78. The van der Waals surface area contributed by atoms with Crippen molar-refractivity contribution in [3.8, 4) is 11.3 Å². The maximum Gasteiger partial charge on any atom is 0.342 e. The Hall–Kier alpha value is -2.12. The lowest BCUT2D eigenvalue weighted by molar-refractivity contribution is 0.0525. The van der Waals surface area contributed by atoms with Crippen molar-refractivity contribution in [3.63, 3.8) is 0 Å². The van der Waals surface area contributed by atoms with E-state index in [4.69, 9.17) is 8.92 Å². The van der Waals surface area contributed by atoms with Crippen LogP contribution in [0.25, 0.3) is 11.3 Å². The first kappa shape index (κ1) is 16.3. The predicted octanol–water partition coefficient (Wildman–Crippen LogP) is 2.30. The van der Waals surface area contributed by atoms with Gasteiger partial charge in [-0.15, -0.1) is 0 Å². The van der Waals surface area contributed by atoms with Crippen molar-refractivity contribution in [3.05, 3.63) is 41.6 Å². The number of benzene rings is 1. The molecule has 1 aromatic carbocycles. The Labute approximate surface area is 131 Å². The van der Waals surface area contributed by atoms with Gasteiger partial charge in [-0.2, -0.15) is 0 Å². The molecule has 0 saturated carbocycles. The predicted molar refractivity (Wildman–Crippen MR) is 81.6 cm³/mol. The molecule has 6 nitrogen and oxygen atoms in total. The zero-order chi connectivity index (χ0) is 16.1. The third kappa shape index (κ3) is 3.37. The normalized spacial score (nSPS) is 12.0. The molecule has 1 heterocycles. The summed E-state index contributed by atoms with van der Waals surface area (Å²) >= 11 is -1.78. The van der Waals surface area contributed by atoms with Crippen molar-refractivity contribution in [2.75, 3.05) is 13.7 Å². The molecular weight excluding hydrogens is 304 g/mol. The Morgan fingerprint density at radius 3 is 2.50 bits per heavy atom. The van der Waals surface area contributed by atoms with Crippen LogP contribution in [0.1, 0.15) is 23.0 Å². The summed E-state index contributed by atoms with van der Waals surface area (Å²) in [5.41, 5.74) is 1.76. The van der Waals surface area contributed by atoms with Crippen LogP contribution in [0, 0.1) is 6.92 Å². The van der Waals surface area contributed by atoms with E-state index in [0.717, 1.165) is 0 Å². The molecule has 7 heteroatoms. The van der Waals surface area contributed by atoms with Crippen LogP contribution in [0.5, 0.6) is 0 Å². The average molecular weight is 320 g/mol. The molecule has 1 atom stereocenters. The number of carbonyl (C=O) groups excluding carboxylic acids is 1. The molecule has 0 bridgehead atoms. The number of hydrogen-bond donors (Lipinski definition) is 0. The van der Waals surface area contributed by atoms with Crippen LogP contribution in [-0.2, 0) is 20.0 Å². The Morgan fingerprint density at radius 1 is 1.23 bits per heavy atom. The van der Waals surface area contributed by atoms with E-state index in [9.17, 15) is 9.00 Å². The molecule has 0 aliphatic rings. The van der Waals surface area contributed by atoms with E-state index in [1.165, 1.54) is 7.11 Å². The molecule has 0 N–H and O–H groups in total. The maximum atomic E-state index is 12.2. The molecule has 0 radical (unpaired) electrons. The Kier molecular flexibility index (Phi) is 5.35. The summed E-state index contributed by atoms with van der Waals surface area (Å²) < 4.78 is 21.6. The van der Waals surface area contributed by atoms with Gasteiger partial charge in [0.1, 0.15) is 5.56 Å². The van der Waals surface area contributed by atoms with Gasteiger partial charge in [0.25, 0.3) is 0 Å². The Bertz CT molecular complexity index is 704. The Balaban J connectivity index is 2.67. The van der Waals surface area contributed by atoms with Gasteiger partial charge in [-0.05, 0) is 13.8 Å². The highest BCUT2D eigenvalue weighted by molar-refractivity contribution is 7.80. The van der Waals surface area contributed by atoms with Crippen molar-refractivity contribution >= 4 is 17.0 Å². The van der Waals surface area contributed by atoms with E-state index in [0.29, 0.717) is 17.0 Å². The third-order valence-corrected chi connectivity index (χ3v) is 3.68. The number of ether oxygens (including phenoxy) is 1. The zero-order valence-electron chi connectivity index (χ0n) is 12.5. The first-order valence-corrected chi connectivity index (χ1v) is 7.73. The smallest absolute Gasteiger partial charge is 0.342 e. The molecule has 1 unspecified atom stereocenters. The van der Waals surface area contributed by atoms with E-state index < -0.39 is 17.0 Å². The molecule has 1 aromatic heterocycles. The largest absolute Gasteiger partial charge is 0.462 e. The van der Waals surface area contributed by atoms with Crippen LogP contribution in [0.3, 0.4) is 0 Å². The molecule has 0 spiro atoms. The second-order valence-electron chi connectivity index (χ2n) is 4.30. The van der Waals surface area contributed by atoms with Crippen LogP contribution in [0.4, 0.5) is 0 Å². The van der Waals surface area contributed by atoms with Gasteiger partial charge < -0.3 is 4.74 Å². The average Bonchev–Trinajstić information content (AvgIpc) is 2.54. The molecule has 0 fully saturated rings. The quantitative estimate of drug-likeness (QED) is 0.621. The van der Waals surface area contributed by atoms with Gasteiger partial charge in [0.2, 0.25) is 16.2 Å². The highest BCUT2D eigenvalue weighted by Gasteiger charge is 2.22. The number of rotatable bonds is 5. The summed E-state index contributed by atoms with van der Waals surface area (Å²) in [6, 6.07) is 9.13. The molecule has 2 aromatic rings. The SMILES string of the molecule is CCOC(=O)c1c(C)nc(S(=O)OC)nc1-c1ccccc1. The fraction of sp³-hybridized carbons (Fsp3) is 0.267. The summed E-state index contributed by atoms with van der Waals surface area (Å²) in [6.45, 7) is 3.62. The van der Waals surface area contributed by atoms with Gasteiger partial charge >= 0.3 is 5.97 Å². The van der Waals surface area contributed by atoms with E-state index in [1.54, 1.807) is 13.8 Å². The first-order valence-electron chi connectivity index (χ1n) is 6.65. The number of nitrogens with zero attached hydrogens (tertiary/aromatic N) is 2. The third-order valence-electron chi connectivity index (χ3n) is 2.90. The molecule has 0 amide bonds. The summed E-state index contributed by atoms with van der Waals surface area (Å²) in [7, 11) is 1.30. The van der Waals surface area contributed by atoms with Gasteiger partial charge in [-0.25, -0.2) is 19.0 Å². The van der Waals surface area contributed by atoms with Gasteiger partial charge in [0.05, 0.1) is 25.1 Å². The number of esters is 1. The Morgan fingerprint density at radius 2 is 1.91 bits per heavy atom. The van der Waals surface area contributed by atoms with Crippen LogP contribution in [0.15, 0.2) is 35.5 Å². The van der Waals surface area contributed by atoms with Gasteiger partial charge in [0.15, 0.2) is 0 Å². The molecule has 22 heavy (non-hydrogen) atoms. The minimum Gasteiger partial charge on any atom is -0.462 e. The number of carbonyl (C=O) groups is 1. The van der Waals surface area contributed by atoms with Crippen LogP contribution in [-0.4, -0.2) is 33.9 Å². The molecule has 0 aliphatic carbocycles. The maximum absolute atomic E-state index is 12.2. The second-order valence-corrected chi connectivity index (χ2v) is 5.47. The number of hydrogen-bond acceptors (Lipinski definition) is 6. The molecule has 0 saturated heterocycles. The van der Waals surface area contributed by atoms with E-state index in [-0.39, 0.29) is 17.3 Å². The number of aryl methyl sites for hydroxylation is 1. The van der Waals surface area contributed by atoms with Crippen molar-refractivity contribution in [2.24, 2.45) is 0 Å². The first-order chi connectivity index (χ1) is 10.6. The van der Waals surface area contributed by atoms with Crippen molar-refractivity contribution < 1.29 is 17.9 Å². The molecule has 0 aliphatic heterocycles. The topological polar surface area (TPSA) is 78.4 Å². The van der Waals surface area contributed by atoms with Crippen molar-refractivity contribution in [2.45, 2.75) is 19.0 Å². The van der Waals surface area contributed by atoms with Gasteiger partial charge in [-0.1, -0.05) is 30.3 Å². The fourth-order valence-corrected chi connectivity index (χ4v) is 2.48. The number of aromatic nitrogens is 2. The van der Waals surface area contributed by atoms with Crippen LogP contribution < -0.4 is 0 Å². The van der Waals surface area contributed by atoms with E-state index in [1.807, 2.05) is 30.3 Å². The summed E-state index contributed by atoms with van der Waals surface area (Å²) in [5, 5.41) is 0.0203. The second kappa shape index (κ2) is 7.24. The summed E-state index contributed by atoms with van der Waals surface area (Å²) in [5.74, 6) is -0.506. The van der Waals surface area contributed by atoms with Crippen LogP contribution in [0.2, 0.25) is 0 Å². The zero-order valence-corrected chi connectivity index (χ0v) is 13.3. The summed E-state index contributed by atoms with van der Waals surface area (Å²) in [6.07, 6.45) is 0. The lowest BCUT2D eigenvalue weighted by atomic mass is 10.0. The lowest BCUT2D eigenvalue weighted by Gasteiger charge is -2.12. The van der Waals surface area contributed by atoms with Gasteiger partial charge in [0, 0.05) is 5.56 Å². The molecular formula is C15H16N2O4S. The van der Waals surface area contributed by atoms with Crippen LogP contribution >= 0.6 is 0 Å². The standard InChI is InChI=1S/C15H16N2O4S/c1-4-21-14(18)12-10(2)16-15(22(19)20-3)17-13(12)11-8-6-5-7-9-11/h5-9H,4H2,1-3H3. The minimum absolute atomic E-state index is 0.0203. The fourth-order valence-electron chi connectivity index (χ4n) is 1.95. The highest BCUT2D eigenvalue weighted by Crippen LogP contribution is 2.25. The molecule has 2 rings (SSSR count). The van der Waals surface area contributed by atoms with Crippen molar-refractivity contribution in [1.82, 2.24) is 9.97 Å². The van der Waals surface area contributed by atoms with E-state index >= 15 is 0 Å². The highest BCUT2D eigenvalue weighted by atomic mass is 32.2. The lowest BCUT2D eigenvalue weighted by Crippen LogP contribution is -2.14. The van der Waals surface area contributed by atoms with E-state index in [2.05, 4.69) is 9.97 Å². The van der Waals surface area contributed by atoms with Crippen molar-refractivity contribution in [1.29, 1.82) is 0 Å². The molecule has 116 valence electrons.